The Bertz CT molecular complexity index is 617. The summed E-state index contributed by atoms with van der Waals surface area (Å²) in [5.41, 5.74) is 0. The van der Waals surface area contributed by atoms with Crippen LogP contribution in [0.3, 0.4) is 0 Å². The van der Waals surface area contributed by atoms with Gasteiger partial charge in [0.2, 0.25) is 0 Å². The second-order valence-electron chi connectivity index (χ2n) is 5.97. The first-order chi connectivity index (χ1) is 10.7. The molecule has 0 saturated heterocycles. The molecule has 0 aromatic carbocycles. The van der Waals surface area contributed by atoms with Gasteiger partial charge in [-0.05, 0) is 26.7 Å². The van der Waals surface area contributed by atoms with E-state index >= 15 is 0 Å². The SMILES string of the molecule is Cc1nc(Nc2cc(C)on2)cc(NC2CCCCCC2)n1. The van der Waals surface area contributed by atoms with Crippen molar-refractivity contribution in [1.29, 1.82) is 0 Å². The summed E-state index contributed by atoms with van der Waals surface area (Å²) in [4.78, 5) is 8.91. The molecule has 2 aromatic heterocycles. The molecule has 0 atom stereocenters. The van der Waals surface area contributed by atoms with Gasteiger partial charge in [0.25, 0.3) is 0 Å². The summed E-state index contributed by atoms with van der Waals surface area (Å²) in [7, 11) is 0. The molecule has 6 nitrogen and oxygen atoms in total. The highest BCUT2D eigenvalue weighted by molar-refractivity contribution is 5.56. The Labute approximate surface area is 130 Å². The van der Waals surface area contributed by atoms with Crippen LogP contribution < -0.4 is 10.6 Å². The third-order valence-electron chi connectivity index (χ3n) is 3.93. The number of anilines is 3. The molecular formula is C16H23N5O. The third-order valence-corrected chi connectivity index (χ3v) is 3.93. The van der Waals surface area contributed by atoms with E-state index in [1.165, 1.54) is 38.5 Å². The second kappa shape index (κ2) is 6.77. The number of hydrogen-bond acceptors (Lipinski definition) is 6. The zero-order valence-corrected chi connectivity index (χ0v) is 13.2. The predicted molar refractivity (Wildman–Crippen MR) is 86.4 cm³/mol. The summed E-state index contributed by atoms with van der Waals surface area (Å²) in [6.45, 7) is 3.76. The second-order valence-corrected chi connectivity index (χ2v) is 5.97. The summed E-state index contributed by atoms with van der Waals surface area (Å²) < 4.78 is 5.06. The first-order valence-corrected chi connectivity index (χ1v) is 8.01. The molecule has 22 heavy (non-hydrogen) atoms. The fraction of sp³-hybridized carbons (Fsp3) is 0.562. The molecule has 0 unspecified atom stereocenters. The summed E-state index contributed by atoms with van der Waals surface area (Å²) >= 11 is 0. The topological polar surface area (TPSA) is 75.9 Å². The minimum Gasteiger partial charge on any atom is -0.367 e. The van der Waals surface area contributed by atoms with Gasteiger partial charge in [0, 0.05) is 18.2 Å². The van der Waals surface area contributed by atoms with Gasteiger partial charge in [0.05, 0.1) is 0 Å². The number of rotatable bonds is 4. The maximum Gasteiger partial charge on any atom is 0.175 e. The van der Waals surface area contributed by atoms with E-state index in [1.54, 1.807) is 0 Å². The molecule has 1 saturated carbocycles. The van der Waals surface area contributed by atoms with Crippen LogP contribution in [0.2, 0.25) is 0 Å². The van der Waals surface area contributed by atoms with E-state index < -0.39 is 0 Å². The van der Waals surface area contributed by atoms with Crippen molar-refractivity contribution in [2.45, 2.75) is 58.4 Å². The number of nitrogens with zero attached hydrogens (tertiary/aromatic N) is 3. The molecule has 2 N–H and O–H groups in total. The third kappa shape index (κ3) is 3.96. The molecule has 2 heterocycles. The van der Waals surface area contributed by atoms with Gasteiger partial charge in [-0.2, -0.15) is 0 Å². The molecule has 118 valence electrons. The molecule has 0 radical (unpaired) electrons. The van der Waals surface area contributed by atoms with Crippen molar-refractivity contribution in [2.75, 3.05) is 10.6 Å². The highest BCUT2D eigenvalue weighted by Crippen LogP contribution is 2.22. The number of aromatic nitrogens is 3. The molecule has 1 fully saturated rings. The summed E-state index contributed by atoms with van der Waals surface area (Å²) in [5, 5.41) is 10.6. The molecule has 0 spiro atoms. The lowest BCUT2D eigenvalue weighted by Crippen LogP contribution is -2.19. The lowest BCUT2D eigenvalue weighted by Gasteiger charge is -2.17. The fourth-order valence-corrected chi connectivity index (χ4v) is 2.90. The van der Waals surface area contributed by atoms with Crippen LogP contribution in [0.15, 0.2) is 16.7 Å². The van der Waals surface area contributed by atoms with Crippen LogP contribution >= 0.6 is 0 Å². The molecule has 6 heteroatoms. The Morgan fingerprint density at radius 2 is 1.68 bits per heavy atom. The molecule has 0 bridgehead atoms. The van der Waals surface area contributed by atoms with Gasteiger partial charge in [-0.25, -0.2) is 9.97 Å². The minimum absolute atomic E-state index is 0.513. The van der Waals surface area contributed by atoms with Crippen molar-refractivity contribution in [1.82, 2.24) is 15.1 Å². The van der Waals surface area contributed by atoms with Crippen molar-refractivity contribution in [2.24, 2.45) is 0 Å². The van der Waals surface area contributed by atoms with Crippen LogP contribution in [0.25, 0.3) is 0 Å². The van der Waals surface area contributed by atoms with Gasteiger partial charge < -0.3 is 15.2 Å². The first kappa shape index (κ1) is 14.8. The Morgan fingerprint density at radius 1 is 0.955 bits per heavy atom. The van der Waals surface area contributed by atoms with E-state index in [1.807, 2.05) is 26.0 Å². The van der Waals surface area contributed by atoms with E-state index in [-0.39, 0.29) is 0 Å². The van der Waals surface area contributed by atoms with Crippen LogP contribution in [0.5, 0.6) is 0 Å². The standard InChI is InChI=1S/C16H23N5O/c1-11-9-16(21-22-11)20-15-10-14(17-12(2)18-15)19-13-7-5-3-4-6-8-13/h9-10,13H,3-8H2,1-2H3,(H2,17,18,19,20,21). The zero-order valence-electron chi connectivity index (χ0n) is 13.2. The van der Waals surface area contributed by atoms with Crippen LogP contribution in [-0.4, -0.2) is 21.2 Å². The van der Waals surface area contributed by atoms with E-state index in [2.05, 4.69) is 25.8 Å². The number of hydrogen-bond donors (Lipinski definition) is 2. The van der Waals surface area contributed by atoms with E-state index in [0.717, 1.165) is 23.2 Å². The maximum atomic E-state index is 5.06. The maximum absolute atomic E-state index is 5.06. The van der Waals surface area contributed by atoms with Crippen molar-refractivity contribution in [3.05, 3.63) is 23.7 Å². The highest BCUT2D eigenvalue weighted by atomic mass is 16.5. The lowest BCUT2D eigenvalue weighted by molar-refractivity contribution is 0.400. The van der Waals surface area contributed by atoms with Gasteiger partial charge in [-0.3, -0.25) is 0 Å². The largest absolute Gasteiger partial charge is 0.367 e. The highest BCUT2D eigenvalue weighted by Gasteiger charge is 2.13. The van der Waals surface area contributed by atoms with Gasteiger partial charge in [-0.15, -0.1) is 0 Å². The van der Waals surface area contributed by atoms with Crippen LogP contribution in [-0.2, 0) is 0 Å². The Morgan fingerprint density at radius 3 is 2.36 bits per heavy atom. The molecular weight excluding hydrogens is 278 g/mol. The Balaban J connectivity index is 1.71. The van der Waals surface area contributed by atoms with E-state index in [4.69, 9.17) is 4.52 Å². The van der Waals surface area contributed by atoms with Gasteiger partial charge in [0.1, 0.15) is 23.2 Å². The van der Waals surface area contributed by atoms with Crippen molar-refractivity contribution in [3.8, 4) is 0 Å². The van der Waals surface area contributed by atoms with Crippen LogP contribution in [0.1, 0.15) is 50.1 Å². The van der Waals surface area contributed by atoms with Crippen molar-refractivity contribution < 1.29 is 4.52 Å². The van der Waals surface area contributed by atoms with Gasteiger partial charge in [0.15, 0.2) is 5.82 Å². The number of aryl methyl sites for hydroxylation is 2. The molecule has 2 aromatic rings. The average molecular weight is 301 g/mol. The molecule has 0 aliphatic heterocycles. The lowest BCUT2D eigenvalue weighted by atomic mass is 10.1. The summed E-state index contributed by atoms with van der Waals surface area (Å²) in [6, 6.07) is 4.29. The monoisotopic (exact) mass is 301 g/mol. The van der Waals surface area contributed by atoms with Crippen LogP contribution in [0, 0.1) is 13.8 Å². The number of nitrogens with one attached hydrogen (secondary N) is 2. The van der Waals surface area contributed by atoms with Gasteiger partial charge in [-0.1, -0.05) is 30.8 Å². The first-order valence-electron chi connectivity index (χ1n) is 8.01. The average Bonchev–Trinajstić information content (AvgIpc) is 2.72. The molecule has 1 aliphatic carbocycles. The van der Waals surface area contributed by atoms with Crippen molar-refractivity contribution >= 4 is 17.5 Å². The predicted octanol–water partition coefficient (Wildman–Crippen LogP) is 3.96. The molecule has 3 rings (SSSR count). The quantitative estimate of drug-likeness (QED) is 0.832. The molecule has 1 aliphatic rings. The van der Waals surface area contributed by atoms with E-state index in [9.17, 15) is 0 Å². The van der Waals surface area contributed by atoms with Crippen molar-refractivity contribution in [3.63, 3.8) is 0 Å². The zero-order chi connectivity index (χ0) is 15.4. The summed E-state index contributed by atoms with van der Waals surface area (Å²) in [5.74, 6) is 3.78. The normalized spacial score (nSPS) is 16.3. The van der Waals surface area contributed by atoms with E-state index in [0.29, 0.717) is 11.9 Å². The fourth-order valence-electron chi connectivity index (χ4n) is 2.90. The summed E-state index contributed by atoms with van der Waals surface area (Å²) in [6.07, 6.45) is 7.72. The smallest absolute Gasteiger partial charge is 0.175 e. The van der Waals surface area contributed by atoms with Gasteiger partial charge >= 0.3 is 0 Å². The molecule has 0 amide bonds. The van der Waals surface area contributed by atoms with Crippen LogP contribution in [0.4, 0.5) is 17.5 Å². The minimum atomic E-state index is 0.513. The Hall–Kier alpha value is -2.11. The Kier molecular flexibility index (Phi) is 4.56.